The SMILES string of the molecule is Cl.Cn1cncc1CN1C=C(Cc2ccccc2)N=Cc2ccsc21. The number of hydrogen-bond donors (Lipinski definition) is 0. The summed E-state index contributed by atoms with van der Waals surface area (Å²) in [5.41, 5.74) is 4.67. The quantitative estimate of drug-likeness (QED) is 0.680. The molecule has 0 fully saturated rings. The van der Waals surface area contributed by atoms with Gasteiger partial charge < -0.3 is 9.47 Å². The van der Waals surface area contributed by atoms with Crippen LogP contribution in [0.15, 0.2) is 71.2 Å². The summed E-state index contributed by atoms with van der Waals surface area (Å²) in [5.74, 6) is 0. The van der Waals surface area contributed by atoms with Crippen LogP contribution in [0.4, 0.5) is 5.00 Å². The smallest absolute Gasteiger partial charge is 0.104 e. The van der Waals surface area contributed by atoms with Crippen LogP contribution in [0.3, 0.4) is 0 Å². The lowest BCUT2D eigenvalue weighted by Gasteiger charge is -2.19. The van der Waals surface area contributed by atoms with Crippen molar-refractivity contribution in [1.82, 2.24) is 9.55 Å². The first kappa shape index (κ1) is 17.5. The largest absolute Gasteiger partial charge is 0.336 e. The molecule has 128 valence electrons. The number of rotatable bonds is 4. The van der Waals surface area contributed by atoms with Crippen molar-refractivity contribution >= 4 is 35.0 Å². The Labute approximate surface area is 157 Å². The minimum absolute atomic E-state index is 0. The van der Waals surface area contributed by atoms with E-state index in [1.54, 1.807) is 11.3 Å². The molecule has 0 N–H and O–H groups in total. The molecule has 3 aromatic rings. The van der Waals surface area contributed by atoms with E-state index in [0.717, 1.165) is 18.7 Å². The molecule has 0 unspecified atom stereocenters. The highest BCUT2D eigenvalue weighted by molar-refractivity contribution is 7.14. The number of aryl methyl sites for hydroxylation is 1. The van der Waals surface area contributed by atoms with Crippen molar-refractivity contribution in [3.8, 4) is 0 Å². The highest BCUT2D eigenvalue weighted by Crippen LogP contribution is 2.31. The van der Waals surface area contributed by atoms with Crippen LogP contribution in [0.5, 0.6) is 0 Å². The third-order valence-electron chi connectivity index (χ3n) is 4.09. The van der Waals surface area contributed by atoms with Gasteiger partial charge in [-0.05, 0) is 17.0 Å². The highest BCUT2D eigenvalue weighted by Gasteiger charge is 2.16. The number of fused-ring (bicyclic) bond motifs is 1. The summed E-state index contributed by atoms with van der Waals surface area (Å²) in [4.78, 5) is 11.2. The second kappa shape index (κ2) is 7.68. The molecule has 6 heteroatoms. The van der Waals surface area contributed by atoms with Crippen molar-refractivity contribution in [2.45, 2.75) is 13.0 Å². The molecule has 25 heavy (non-hydrogen) atoms. The average Bonchev–Trinajstić information content (AvgIpc) is 3.19. The van der Waals surface area contributed by atoms with E-state index < -0.39 is 0 Å². The molecule has 0 saturated heterocycles. The second-order valence-corrected chi connectivity index (χ2v) is 6.74. The number of nitrogens with zero attached hydrogens (tertiary/aromatic N) is 4. The van der Waals surface area contributed by atoms with Gasteiger partial charge in [0.2, 0.25) is 0 Å². The predicted molar refractivity (Wildman–Crippen MR) is 107 cm³/mol. The summed E-state index contributed by atoms with van der Waals surface area (Å²) in [6.07, 6.45) is 8.73. The number of thiophene rings is 1. The molecule has 0 bridgehead atoms. The molecule has 2 aromatic heterocycles. The summed E-state index contributed by atoms with van der Waals surface area (Å²) in [6.45, 7) is 0.783. The van der Waals surface area contributed by atoms with E-state index in [9.17, 15) is 0 Å². The van der Waals surface area contributed by atoms with Crippen LogP contribution in [0.1, 0.15) is 16.8 Å². The Morgan fingerprint density at radius 2 is 1.96 bits per heavy atom. The van der Waals surface area contributed by atoms with Gasteiger partial charge in [-0.2, -0.15) is 0 Å². The van der Waals surface area contributed by atoms with Gasteiger partial charge in [-0.25, -0.2) is 4.98 Å². The molecule has 0 aliphatic carbocycles. The van der Waals surface area contributed by atoms with Crippen molar-refractivity contribution in [2.24, 2.45) is 12.0 Å². The van der Waals surface area contributed by atoms with Crippen molar-refractivity contribution < 1.29 is 0 Å². The molecule has 0 saturated carbocycles. The van der Waals surface area contributed by atoms with Crippen molar-refractivity contribution in [3.05, 3.63) is 83.0 Å². The van der Waals surface area contributed by atoms with E-state index in [2.05, 4.69) is 56.4 Å². The zero-order valence-electron chi connectivity index (χ0n) is 13.9. The van der Waals surface area contributed by atoms with Crippen molar-refractivity contribution in [1.29, 1.82) is 0 Å². The number of hydrogen-bond acceptors (Lipinski definition) is 4. The summed E-state index contributed by atoms with van der Waals surface area (Å²) in [5, 5.41) is 3.34. The Balaban J connectivity index is 0.00000182. The lowest BCUT2D eigenvalue weighted by Crippen LogP contribution is -2.17. The topological polar surface area (TPSA) is 33.4 Å². The number of halogens is 1. The van der Waals surface area contributed by atoms with Crippen LogP contribution >= 0.6 is 23.7 Å². The van der Waals surface area contributed by atoms with E-state index >= 15 is 0 Å². The maximum absolute atomic E-state index is 4.71. The lowest BCUT2D eigenvalue weighted by molar-refractivity contribution is 0.801. The number of aliphatic imine (C=N–C) groups is 1. The van der Waals surface area contributed by atoms with Gasteiger partial charge in [-0.3, -0.25) is 4.99 Å². The zero-order chi connectivity index (χ0) is 16.4. The zero-order valence-corrected chi connectivity index (χ0v) is 15.5. The third kappa shape index (κ3) is 3.83. The van der Waals surface area contributed by atoms with Crippen LogP contribution in [0.25, 0.3) is 0 Å². The Bertz CT molecular complexity index is 895. The van der Waals surface area contributed by atoms with Gasteiger partial charge in [0.1, 0.15) is 5.00 Å². The van der Waals surface area contributed by atoms with Crippen LogP contribution in [-0.4, -0.2) is 15.8 Å². The monoisotopic (exact) mass is 370 g/mol. The van der Waals surface area contributed by atoms with Crippen LogP contribution in [0, 0.1) is 0 Å². The number of allylic oxidation sites excluding steroid dienone is 1. The predicted octanol–water partition coefficient (Wildman–Crippen LogP) is 4.43. The Morgan fingerprint density at radius 1 is 1.12 bits per heavy atom. The first-order valence-corrected chi connectivity index (χ1v) is 8.75. The molecule has 1 aromatic carbocycles. The molecule has 1 aliphatic heterocycles. The summed E-state index contributed by atoms with van der Waals surface area (Å²) in [7, 11) is 2.03. The summed E-state index contributed by atoms with van der Waals surface area (Å²) < 4.78 is 2.06. The van der Waals surface area contributed by atoms with Gasteiger partial charge in [0.05, 0.1) is 24.3 Å². The molecule has 4 rings (SSSR count). The average molecular weight is 371 g/mol. The molecule has 0 spiro atoms. The fourth-order valence-corrected chi connectivity index (χ4v) is 3.65. The minimum atomic E-state index is 0. The lowest BCUT2D eigenvalue weighted by atomic mass is 10.1. The first-order chi connectivity index (χ1) is 11.8. The third-order valence-corrected chi connectivity index (χ3v) is 5.05. The first-order valence-electron chi connectivity index (χ1n) is 7.87. The highest BCUT2D eigenvalue weighted by atomic mass is 35.5. The van der Waals surface area contributed by atoms with E-state index in [4.69, 9.17) is 4.99 Å². The molecule has 0 radical (unpaired) electrons. The van der Waals surface area contributed by atoms with E-state index in [1.807, 2.05) is 31.9 Å². The van der Waals surface area contributed by atoms with Crippen LogP contribution < -0.4 is 4.90 Å². The number of anilines is 1. The fourth-order valence-electron chi connectivity index (χ4n) is 2.79. The Morgan fingerprint density at radius 3 is 2.72 bits per heavy atom. The van der Waals surface area contributed by atoms with Gasteiger partial charge >= 0.3 is 0 Å². The maximum Gasteiger partial charge on any atom is 0.104 e. The molecule has 4 nitrogen and oxygen atoms in total. The number of aromatic nitrogens is 2. The molecule has 0 amide bonds. The molecule has 3 heterocycles. The van der Waals surface area contributed by atoms with Crippen molar-refractivity contribution in [2.75, 3.05) is 4.90 Å². The van der Waals surface area contributed by atoms with Crippen LogP contribution in [-0.2, 0) is 20.0 Å². The molecule has 0 atom stereocenters. The van der Waals surface area contributed by atoms with Gasteiger partial charge in [0, 0.05) is 37.6 Å². The summed E-state index contributed by atoms with van der Waals surface area (Å²) >= 11 is 1.74. The van der Waals surface area contributed by atoms with E-state index in [-0.39, 0.29) is 12.4 Å². The molecular formula is C19H19ClN4S. The minimum Gasteiger partial charge on any atom is -0.336 e. The normalized spacial score (nSPS) is 13.0. The van der Waals surface area contributed by atoms with Gasteiger partial charge in [-0.15, -0.1) is 23.7 Å². The fraction of sp³-hybridized carbons (Fsp3) is 0.158. The van der Waals surface area contributed by atoms with Gasteiger partial charge in [0.15, 0.2) is 0 Å². The Hall–Kier alpha value is -2.37. The number of benzene rings is 1. The number of imidazole rings is 1. The van der Waals surface area contributed by atoms with Crippen molar-refractivity contribution in [3.63, 3.8) is 0 Å². The molecule has 1 aliphatic rings. The van der Waals surface area contributed by atoms with E-state index in [1.165, 1.54) is 21.8 Å². The van der Waals surface area contributed by atoms with E-state index in [0.29, 0.717) is 0 Å². The van der Waals surface area contributed by atoms with Gasteiger partial charge in [0.25, 0.3) is 0 Å². The molecular weight excluding hydrogens is 352 g/mol. The van der Waals surface area contributed by atoms with Crippen LogP contribution in [0.2, 0.25) is 0 Å². The standard InChI is InChI=1S/C19H18N4S.ClH/c1-22-14-20-11-18(22)13-23-12-17(9-15-5-3-2-4-6-15)21-10-16-7-8-24-19(16)23;/h2-8,10-12,14H,9,13H2,1H3;1H. The van der Waals surface area contributed by atoms with Gasteiger partial charge in [-0.1, -0.05) is 30.3 Å². The summed E-state index contributed by atoms with van der Waals surface area (Å²) in [6, 6.07) is 12.6. The Kier molecular flexibility index (Phi) is 5.36. The second-order valence-electron chi connectivity index (χ2n) is 5.85. The maximum atomic E-state index is 4.71.